The Morgan fingerprint density at radius 1 is 0.900 bits per heavy atom. The molecule has 0 saturated carbocycles. The molecule has 0 N–H and O–H groups in total. The second kappa shape index (κ2) is 8.87. The molecule has 0 saturated heterocycles. The highest BCUT2D eigenvalue weighted by Gasteiger charge is 2.32. The molecule has 30 heavy (non-hydrogen) atoms. The normalized spacial score (nSPS) is 10.4. The minimum absolute atomic E-state index is 0.0812. The molecule has 8 nitrogen and oxygen atoms in total. The number of nitrogens with zero attached hydrogens (tertiary/aromatic N) is 2. The van der Waals surface area contributed by atoms with Gasteiger partial charge in [-0.1, -0.05) is 29.8 Å². The van der Waals surface area contributed by atoms with E-state index in [0.717, 1.165) is 0 Å². The van der Waals surface area contributed by atoms with Crippen LogP contribution in [0.4, 0.5) is 0 Å². The van der Waals surface area contributed by atoms with Crippen LogP contribution in [-0.4, -0.2) is 50.2 Å². The summed E-state index contributed by atoms with van der Waals surface area (Å²) in [5, 5.41) is 4.76. The average molecular weight is 431 g/mol. The van der Waals surface area contributed by atoms with E-state index < -0.39 is 11.9 Å². The molecule has 0 amide bonds. The Balaban J connectivity index is 2.39. The highest BCUT2D eigenvalue weighted by Crippen LogP contribution is 2.40. The summed E-state index contributed by atoms with van der Waals surface area (Å²) in [4.78, 5) is 25.3. The minimum atomic E-state index is -0.765. The van der Waals surface area contributed by atoms with Crippen molar-refractivity contribution in [2.75, 3.05) is 28.4 Å². The van der Waals surface area contributed by atoms with Crippen LogP contribution in [0, 0.1) is 0 Å². The van der Waals surface area contributed by atoms with E-state index in [1.54, 1.807) is 30.3 Å². The monoisotopic (exact) mass is 430 g/mol. The summed E-state index contributed by atoms with van der Waals surface area (Å²) in [7, 11) is 5.38. The Labute approximate surface area is 177 Å². The molecule has 9 heteroatoms. The molecule has 0 unspecified atom stereocenters. The highest BCUT2D eigenvalue weighted by atomic mass is 35.5. The van der Waals surface area contributed by atoms with Crippen LogP contribution in [0.25, 0.3) is 16.9 Å². The van der Waals surface area contributed by atoms with Crippen molar-refractivity contribution in [3.8, 4) is 28.4 Å². The average Bonchev–Trinajstić information content (AvgIpc) is 3.18. The lowest BCUT2D eigenvalue weighted by Gasteiger charge is -2.11. The number of esters is 2. The number of halogens is 1. The van der Waals surface area contributed by atoms with Gasteiger partial charge in [-0.2, -0.15) is 5.10 Å². The molecule has 0 spiro atoms. The maximum absolute atomic E-state index is 12.7. The van der Waals surface area contributed by atoms with E-state index in [1.807, 2.05) is 6.07 Å². The lowest BCUT2D eigenvalue weighted by Crippen LogP contribution is -2.15. The van der Waals surface area contributed by atoms with Crippen LogP contribution in [0.3, 0.4) is 0 Å². The number of rotatable bonds is 6. The smallest absolute Gasteiger partial charge is 0.357 e. The van der Waals surface area contributed by atoms with Gasteiger partial charge in [0, 0.05) is 11.6 Å². The fourth-order valence-electron chi connectivity index (χ4n) is 2.98. The van der Waals surface area contributed by atoms with Crippen molar-refractivity contribution < 1.29 is 28.5 Å². The van der Waals surface area contributed by atoms with Gasteiger partial charge in [0.1, 0.15) is 11.3 Å². The number of methoxy groups -OCH3 is 4. The van der Waals surface area contributed by atoms with Gasteiger partial charge in [0.25, 0.3) is 0 Å². The van der Waals surface area contributed by atoms with Gasteiger partial charge >= 0.3 is 11.9 Å². The number of ether oxygens (including phenoxy) is 4. The number of hydrogen-bond acceptors (Lipinski definition) is 7. The van der Waals surface area contributed by atoms with E-state index in [-0.39, 0.29) is 22.0 Å². The second-order valence-corrected chi connectivity index (χ2v) is 6.40. The van der Waals surface area contributed by atoms with Crippen molar-refractivity contribution >= 4 is 23.5 Å². The van der Waals surface area contributed by atoms with Crippen molar-refractivity contribution in [2.45, 2.75) is 0 Å². The van der Waals surface area contributed by atoms with Crippen molar-refractivity contribution in [2.24, 2.45) is 0 Å². The molecule has 0 radical (unpaired) electrons. The molecule has 1 heterocycles. The van der Waals surface area contributed by atoms with Crippen LogP contribution >= 0.6 is 11.6 Å². The molecule has 2 aromatic carbocycles. The second-order valence-electron chi connectivity index (χ2n) is 5.99. The Morgan fingerprint density at radius 2 is 1.50 bits per heavy atom. The van der Waals surface area contributed by atoms with Crippen LogP contribution < -0.4 is 9.47 Å². The molecule has 0 aliphatic heterocycles. The Morgan fingerprint density at radius 3 is 2.07 bits per heavy atom. The fourth-order valence-corrected chi connectivity index (χ4v) is 3.22. The quantitative estimate of drug-likeness (QED) is 0.550. The van der Waals surface area contributed by atoms with Crippen LogP contribution in [0.5, 0.6) is 11.5 Å². The number of benzene rings is 2. The van der Waals surface area contributed by atoms with Gasteiger partial charge in [0.15, 0.2) is 17.2 Å². The molecule has 3 aromatic rings. The summed E-state index contributed by atoms with van der Waals surface area (Å²) in [5.74, 6) is -0.740. The van der Waals surface area contributed by atoms with Crippen LogP contribution in [0.1, 0.15) is 20.8 Å². The van der Waals surface area contributed by atoms with Gasteiger partial charge < -0.3 is 18.9 Å². The third-order valence-electron chi connectivity index (χ3n) is 4.38. The fraction of sp³-hybridized carbons (Fsp3) is 0.190. The molecule has 156 valence electrons. The summed E-state index contributed by atoms with van der Waals surface area (Å²) in [6.45, 7) is 0. The van der Waals surface area contributed by atoms with Crippen LogP contribution in [0.15, 0.2) is 42.5 Å². The minimum Gasteiger partial charge on any atom is -0.493 e. The zero-order valence-corrected chi connectivity index (χ0v) is 17.5. The standard InChI is InChI=1S/C21H19ClN2O6/c1-27-15-10-13(14(22)11-16(15)28-2)18-17(20(25)29-3)19(21(26)30-4)24(23-18)12-8-6-5-7-9-12/h5-11H,1-4H3. The first-order chi connectivity index (χ1) is 14.5. The lowest BCUT2D eigenvalue weighted by atomic mass is 10.0. The van der Waals surface area contributed by atoms with Gasteiger partial charge in [-0.25, -0.2) is 14.3 Å². The molecule has 3 rings (SSSR count). The van der Waals surface area contributed by atoms with Gasteiger partial charge in [0.05, 0.1) is 39.1 Å². The summed E-state index contributed by atoms with van der Waals surface area (Å²) in [5.41, 5.74) is 0.872. The van der Waals surface area contributed by atoms with Crippen molar-refractivity contribution in [3.05, 3.63) is 58.7 Å². The number of carbonyl (C=O) groups is 2. The topological polar surface area (TPSA) is 88.9 Å². The number of hydrogen-bond donors (Lipinski definition) is 0. The Kier molecular flexibility index (Phi) is 6.27. The van der Waals surface area contributed by atoms with Gasteiger partial charge in [-0.15, -0.1) is 0 Å². The van der Waals surface area contributed by atoms with Crippen molar-refractivity contribution in [1.82, 2.24) is 9.78 Å². The largest absolute Gasteiger partial charge is 0.493 e. The van der Waals surface area contributed by atoms with Gasteiger partial charge in [-0.05, 0) is 18.2 Å². The summed E-state index contributed by atoms with van der Waals surface area (Å²) < 4.78 is 21.8. The molecule has 0 bridgehead atoms. The number of aromatic nitrogens is 2. The van der Waals surface area contributed by atoms with E-state index in [0.29, 0.717) is 22.7 Å². The zero-order valence-electron chi connectivity index (χ0n) is 16.8. The molecule has 0 atom stereocenters. The first kappa shape index (κ1) is 21.2. The number of para-hydroxylation sites is 1. The Hall–Kier alpha value is -3.52. The summed E-state index contributed by atoms with van der Waals surface area (Å²) in [6.07, 6.45) is 0. The summed E-state index contributed by atoms with van der Waals surface area (Å²) in [6, 6.07) is 12.0. The zero-order chi connectivity index (χ0) is 21.8. The molecule has 0 aliphatic carbocycles. The van der Waals surface area contributed by atoms with Gasteiger partial charge in [0.2, 0.25) is 0 Å². The maximum Gasteiger partial charge on any atom is 0.357 e. The molecular weight excluding hydrogens is 412 g/mol. The van der Waals surface area contributed by atoms with Gasteiger partial charge in [-0.3, -0.25) is 0 Å². The first-order valence-electron chi connectivity index (χ1n) is 8.73. The molecular formula is C21H19ClN2O6. The molecule has 0 aliphatic rings. The van der Waals surface area contributed by atoms with Crippen LogP contribution in [0.2, 0.25) is 5.02 Å². The van der Waals surface area contributed by atoms with E-state index in [2.05, 4.69) is 5.10 Å². The van der Waals surface area contributed by atoms with Crippen LogP contribution in [-0.2, 0) is 9.47 Å². The number of carbonyl (C=O) groups excluding carboxylic acids is 2. The predicted molar refractivity (Wildman–Crippen MR) is 110 cm³/mol. The first-order valence-corrected chi connectivity index (χ1v) is 9.11. The van der Waals surface area contributed by atoms with Crippen molar-refractivity contribution in [1.29, 1.82) is 0 Å². The third-order valence-corrected chi connectivity index (χ3v) is 4.70. The van der Waals surface area contributed by atoms with E-state index in [9.17, 15) is 9.59 Å². The van der Waals surface area contributed by atoms with E-state index in [4.69, 9.17) is 30.5 Å². The Bertz CT molecular complexity index is 1090. The molecule has 0 fully saturated rings. The summed E-state index contributed by atoms with van der Waals surface area (Å²) >= 11 is 6.46. The SMILES string of the molecule is COC(=O)c1c(-c2cc(OC)c(OC)cc2Cl)nn(-c2ccccc2)c1C(=O)OC. The highest BCUT2D eigenvalue weighted by molar-refractivity contribution is 6.33. The predicted octanol–water partition coefficient (Wildman–Crippen LogP) is 3.78. The van der Waals surface area contributed by atoms with E-state index in [1.165, 1.54) is 39.2 Å². The lowest BCUT2D eigenvalue weighted by molar-refractivity contribution is 0.0549. The van der Waals surface area contributed by atoms with Crippen molar-refractivity contribution in [3.63, 3.8) is 0 Å². The molecule has 1 aromatic heterocycles. The maximum atomic E-state index is 12.7. The third kappa shape index (κ3) is 3.69. The van der Waals surface area contributed by atoms with E-state index >= 15 is 0 Å².